The van der Waals surface area contributed by atoms with Crippen LogP contribution in [0.5, 0.6) is 0 Å². The first kappa shape index (κ1) is 38.3. The van der Waals surface area contributed by atoms with Gasteiger partial charge in [0, 0.05) is 12.4 Å². The Morgan fingerprint density at radius 3 is 1.23 bits per heavy atom. The summed E-state index contributed by atoms with van der Waals surface area (Å²) >= 11 is 1.74. The van der Waals surface area contributed by atoms with Gasteiger partial charge in [-0.25, -0.2) is 0 Å². The van der Waals surface area contributed by atoms with Gasteiger partial charge in [0.2, 0.25) is 0 Å². The van der Waals surface area contributed by atoms with Gasteiger partial charge in [0.15, 0.2) is 0 Å². The van der Waals surface area contributed by atoms with Crippen LogP contribution in [0.15, 0.2) is 109 Å². The van der Waals surface area contributed by atoms with Gasteiger partial charge < -0.3 is 24.8 Å². The third-order valence-electron chi connectivity index (χ3n) is 7.12. The molecule has 0 radical (unpaired) electrons. The summed E-state index contributed by atoms with van der Waals surface area (Å²) in [5.74, 6) is 0. The van der Waals surface area contributed by atoms with E-state index in [-0.39, 0.29) is 30.2 Å². The zero-order chi connectivity index (χ0) is 30.5. The van der Waals surface area contributed by atoms with Crippen molar-refractivity contribution in [2.75, 3.05) is 0 Å². The van der Waals surface area contributed by atoms with E-state index < -0.39 is 16.1 Å². The van der Waals surface area contributed by atoms with Crippen LogP contribution in [0.3, 0.4) is 0 Å². The quantitative estimate of drug-likeness (QED) is 0.205. The van der Waals surface area contributed by atoms with Crippen molar-refractivity contribution in [1.29, 1.82) is 0 Å². The fraction of sp³-hybridized carbons (Fsp3) is 0.222. The summed E-state index contributed by atoms with van der Waals surface area (Å²) in [6.45, 7) is 19.0. The summed E-state index contributed by atoms with van der Waals surface area (Å²) in [6, 6.07) is 34.6. The van der Waals surface area contributed by atoms with Gasteiger partial charge in [0.1, 0.15) is 0 Å². The van der Waals surface area contributed by atoms with Crippen LogP contribution in [0.25, 0.3) is 44.1 Å². The molecule has 6 aromatic rings. The summed E-state index contributed by atoms with van der Waals surface area (Å²) in [5, 5.41) is 8.37. The molecule has 0 unspecified atom stereocenters. The van der Waals surface area contributed by atoms with Gasteiger partial charge in [-0.3, -0.25) is 9.97 Å². The van der Waals surface area contributed by atoms with Crippen LogP contribution in [0.1, 0.15) is 0 Å². The molecule has 0 aliphatic carbocycles. The molecule has 44 heavy (non-hydrogen) atoms. The normalized spacial score (nSPS) is 11.0. The molecular weight excluding hydrogens is 707 g/mol. The monoisotopic (exact) mass is 746 g/mol. The Morgan fingerprint density at radius 1 is 0.568 bits per heavy atom. The van der Waals surface area contributed by atoms with Crippen molar-refractivity contribution >= 4 is 53.5 Å². The Balaban J connectivity index is 0.000000263. The molecule has 0 saturated carbocycles. The average molecular weight is 749 g/mol. The number of aromatic nitrogens is 2. The Bertz CT molecular complexity index is 1650. The van der Waals surface area contributed by atoms with Gasteiger partial charge in [-0.2, -0.15) is 12.1 Å². The maximum atomic E-state index is 4.48. The van der Waals surface area contributed by atoms with E-state index in [9.17, 15) is 0 Å². The van der Waals surface area contributed by atoms with E-state index in [1.165, 1.54) is 43.0 Å². The molecule has 0 aliphatic heterocycles. The molecule has 0 amide bonds. The van der Waals surface area contributed by atoms with Gasteiger partial charge in [-0.05, 0) is 35.4 Å². The summed E-state index contributed by atoms with van der Waals surface area (Å²) < 4.78 is 0. The topological polar surface area (TPSA) is 25.8 Å². The summed E-state index contributed by atoms with van der Waals surface area (Å²) in [6.07, 6.45) is 3.72. The Kier molecular flexibility index (Phi) is 14.4. The number of pyridine rings is 2. The third kappa shape index (κ3) is 10.0. The van der Waals surface area contributed by atoms with E-state index in [0.717, 1.165) is 11.4 Å². The van der Waals surface area contributed by atoms with Crippen molar-refractivity contribution < 1.29 is 48.1 Å². The molecule has 2 nitrogen and oxygen atoms in total. The first-order chi connectivity index (χ1) is 19.8. The molecule has 0 fully saturated rings. The van der Waals surface area contributed by atoms with Gasteiger partial charge in [-0.15, -0.1) is 68.3 Å². The van der Waals surface area contributed by atoms with Crippen molar-refractivity contribution in [2.24, 2.45) is 0 Å². The zero-order valence-corrected chi connectivity index (χ0v) is 34.0. The Labute approximate surface area is 293 Å². The molecule has 228 valence electrons. The fourth-order valence-corrected chi connectivity index (χ4v) is 7.16. The first-order valence-corrected chi connectivity index (χ1v) is 27.8. The van der Waals surface area contributed by atoms with Crippen LogP contribution in [0.4, 0.5) is 0 Å². The smallest absolute Gasteiger partial charge is 1.00 e. The SMILES string of the molecule is C[Si](C)(C)c1cc2c(-c3ccccn3)cccc2[cH-]1.C[Si](C)(C)c1cc2c(-c3ccccn3)cccc2[cH-]1.C[Si](C)=[Zr+2].[Cl-].[Cl-]. The minimum absolute atomic E-state index is 0. The fourth-order valence-electron chi connectivity index (χ4n) is 4.83. The number of hydrogen-bond acceptors (Lipinski definition) is 2. The maximum Gasteiger partial charge on any atom is -1.00 e. The van der Waals surface area contributed by atoms with Gasteiger partial charge in [0.05, 0.1) is 27.5 Å². The van der Waals surface area contributed by atoms with E-state index in [4.69, 9.17) is 0 Å². The van der Waals surface area contributed by atoms with Crippen LogP contribution in [0, 0.1) is 0 Å². The van der Waals surface area contributed by atoms with Gasteiger partial charge in [-0.1, -0.05) is 63.5 Å². The van der Waals surface area contributed by atoms with Crippen molar-refractivity contribution in [2.45, 2.75) is 52.4 Å². The van der Waals surface area contributed by atoms with E-state index in [2.05, 4.69) is 135 Å². The molecule has 8 heteroatoms. The molecule has 0 N–H and O–H groups in total. The van der Waals surface area contributed by atoms with E-state index in [0.29, 0.717) is 0 Å². The summed E-state index contributed by atoms with van der Waals surface area (Å²) in [5.41, 5.74) is 4.80. The second-order valence-electron chi connectivity index (χ2n) is 13.0. The molecular formula is C36H42Cl2N2Si3Zr-2. The minimum atomic E-state index is -1.26. The van der Waals surface area contributed by atoms with Crippen LogP contribution in [-0.2, 0) is 23.3 Å². The first-order valence-electron chi connectivity index (χ1n) is 14.6. The number of benzene rings is 2. The average Bonchev–Trinajstić information content (AvgIpc) is 3.59. The molecule has 0 atom stereocenters. The van der Waals surface area contributed by atoms with E-state index in [1.807, 2.05) is 36.7 Å². The number of rotatable bonds is 4. The second kappa shape index (κ2) is 16.6. The van der Waals surface area contributed by atoms with Crippen molar-refractivity contribution in [1.82, 2.24) is 9.97 Å². The standard InChI is InChI=1S/2C17H18NSi.C2H6Si.2ClH.Zr/c2*1-19(2,3)14-11-13-7-6-8-15(16(13)12-14)17-9-4-5-10-18-17;1-3-2;;;/h2*4-12H,1-3H3;1-2H3;2*1H;/q2*-1;;;;+2/p-2. The van der Waals surface area contributed by atoms with Crippen molar-refractivity contribution in [3.05, 3.63) is 109 Å². The predicted octanol–water partition coefficient (Wildman–Crippen LogP) is 3.12. The van der Waals surface area contributed by atoms with Crippen molar-refractivity contribution in [3.8, 4) is 22.5 Å². The molecule has 0 saturated heterocycles. The molecule has 0 spiro atoms. The van der Waals surface area contributed by atoms with Crippen LogP contribution in [-0.4, -0.2) is 31.5 Å². The molecule has 6 rings (SSSR count). The largest absolute Gasteiger partial charge is 1.00 e. The van der Waals surface area contributed by atoms with Crippen LogP contribution >= 0.6 is 0 Å². The summed E-state index contributed by atoms with van der Waals surface area (Å²) in [4.78, 5) is 8.96. The minimum Gasteiger partial charge on any atom is -1.00 e. The molecule has 4 aromatic carbocycles. The van der Waals surface area contributed by atoms with Crippen molar-refractivity contribution in [3.63, 3.8) is 0 Å². The van der Waals surface area contributed by atoms with E-state index in [1.54, 1.807) is 23.3 Å². The third-order valence-corrected chi connectivity index (χ3v) is 11.2. The number of hydrogen-bond donors (Lipinski definition) is 0. The number of fused-ring (bicyclic) bond motifs is 2. The maximum absolute atomic E-state index is 4.48. The molecule has 0 bridgehead atoms. The molecule has 2 aromatic heterocycles. The Morgan fingerprint density at radius 2 is 0.932 bits per heavy atom. The zero-order valence-electron chi connectivity index (χ0n) is 27.0. The predicted molar refractivity (Wildman–Crippen MR) is 189 cm³/mol. The summed E-state index contributed by atoms with van der Waals surface area (Å²) in [7, 11) is -2.52. The van der Waals surface area contributed by atoms with Crippen LogP contribution < -0.4 is 35.2 Å². The van der Waals surface area contributed by atoms with Gasteiger partial charge >= 0.3 is 41.9 Å². The van der Waals surface area contributed by atoms with Gasteiger partial charge in [0.25, 0.3) is 0 Å². The number of nitrogens with zero attached hydrogens (tertiary/aromatic N) is 2. The molecule has 0 aliphatic rings. The number of halogens is 2. The van der Waals surface area contributed by atoms with E-state index >= 15 is 0 Å². The second-order valence-corrected chi connectivity index (χ2v) is 32.6. The Hall–Kier alpha value is -1.93. The molecule has 2 heterocycles. The van der Waals surface area contributed by atoms with Crippen LogP contribution in [0.2, 0.25) is 52.4 Å².